The second-order valence-corrected chi connectivity index (χ2v) is 10.1. The highest BCUT2D eigenvalue weighted by molar-refractivity contribution is 7.91. The minimum absolute atomic E-state index is 0. The number of hydrogen-bond acceptors (Lipinski definition) is 5. The van der Waals surface area contributed by atoms with Crippen LogP contribution in [0.5, 0.6) is 0 Å². The Morgan fingerprint density at radius 2 is 1.38 bits per heavy atom. The van der Waals surface area contributed by atoms with E-state index in [1.54, 1.807) is 54.7 Å². The van der Waals surface area contributed by atoms with E-state index in [9.17, 15) is 8.42 Å². The molecule has 9 heteroatoms. The van der Waals surface area contributed by atoms with Crippen molar-refractivity contribution in [2.24, 2.45) is 0 Å². The Labute approximate surface area is 216 Å². The average Bonchev–Trinajstić information content (AvgIpc) is 2.85. The Bertz CT molecular complexity index is 1320. The number of benzene rings is 3. The number of pyridine rings is 1. The molecule has 1 heterocycles. The quantitative estimate of drug-likeness (QED) is 0.247. The molecule has 0 spiro atoms. The molecule has 4 aromatic rings. The number of fused-ring (bicyclic) bond motifs is 1. The Hall–Kier alpha value is -2.51. The zero-order valence-corrected chi connectivity index (χ0v) is 21.3. The Morgan fingerprint density at radius 1 is 0.794 bits per heavy atom. The molecule has 1 N–H and O–H groups in total. The number of para-hydroxylation sites is 1. The van der Waals surface area contributed by atoms with Crippen LogP contribution in [0, 0.1) is 0 Å². The third-order valence-electron chi connectivity index (χ3n) is 5.31. The molecule has 0 unspecified atom stereocenters. The molecule has 0 aliphatic heterocycles. The van der Waals surface area contributed by atoms with E-state index in [0.29, 0.717) is 24.8 Å². The minimum Gasteiger partial charge on any atom is -0.369 e. The molecule has 0 bridgehead atoms. The second-order valence-electron chi connectivity index (χ2n) is 7.39. The van der Waals surface area contributed by atoms with E-state index in [1.807, 2.05) is 35.2 Å². The molecule has 0 saturated heterocycles. The predicted octanol–water partition coefficient (Wildman–Crippen LogP) is 6.52. The summed E-state index contributed by atoms with van der Waals surface area (Å²) < 4.78 is 26.3. The first-order valence-electron chi connectivity index (χ1n) is 10.5. The first-order valence-corrected chi connectivity index (χ1v) is 13.0. The SMILES string of the molecule is Cl.O=S(=O)(c1ccc(Nc2ccnc3ccccc23)cc1)c1ccc(N(CCCl)CCCl)cc1. The number of nitrogens with one attached hydrogen (secondary N) is 1. The lowest BCUT2D eigenvalue weighted by Crippen LogP contribution is -2.27. The molecule has 0 aliphatic carbocycles. The highest BCUT2D eigenvalue weighted by Gasteiger charge is 2.18. The van der Waals surface area contributed by atoms with E-state index >= 15 is 0 Å². The van der Waals surface area contributed by atoms with Crippen molar-refractivity contribution in [1.29, 1.82) is 0 Å². The third kappa shape index (κ3) is 5.76. The molecule has 0 radical (unpaired) electrons. The lowest BCUT2D eigenvalue weighted by molar-refractivity contribution is 0.596. The highest BCUT2D eigenvalue weighted by atomic mass is 35.5. The number of halogens is 3. The highest BCUT2D eigenvalue weighted by Crippen LogP contribution is 2.28. The molecular formula is C25H24Cl3N3O2S. The van der Waals surface area contributed by atoms with E-state index in [4.69, 9.17) is 23.2 Å². The molecular weight excluding hydrogens is 513 g/mol. The summed E-state index contributed by atoms with van der Waals surface area (Å²) in [6, 6.07) is 23.3. The number of nitrogens with zero attached hydrogens (tertiary/aromatic N) is 2. The van der Waals surface area contributed by atoms with Crippen molar-refractivity contribution in [3.05, 3.63) is 85.1 Å². The van der Waals surface area contributed by atoms with Crippen LogP contribution in [0.2, 0.25) is 0 Å². The largest absolute Gasteiger partial charge is 0.369 e. The van der Waals surface area contributed by atoms with Crippen molar-refractivity contribution in [1.82, 2.24) is 4.98 Å². The standard InChI is InChI=1S/C25H23Cl2N3O2S.ClH/c26-14-17-30(18-15-27)20-7-11-22(12-8-20)33(31,32)21-9-5-19(6-10-21)29-25-13-16-28-24-4-2-1-3-23(24)25;/h1-13,16H,14-15,17-18H2,(H,28,29);1H. The molecule has 0 amide bonds. The van der Waals surface area contributed by atoms with Crippen molar-refractivity contribution in [2.75, 3.05) is 35.1 Å². The molecule has 5 nitrogen and oxygen atoms in total. The van der Waals surface area contributed by atoms with Crippen LogP contribution >= 0.6 is 35.6 Å². The first kappa shape index (κ1) is 26.1. The number of hydrogen-bond donors (Lipinski definition) is 1. The van der Waals surface area contributed by atoms with Crippen LogP contribution in [0.3, 0.4) is 0 Å². The Morgan fingerprint density at radius 3 is 2.00 bits per heavy atom. The van der Waals surface area contributed by atoms with Gasteiger partial charge in [0.25, 0.3) is 0 Å². The third-order valence-corrected chi connectivity index (χ3v) is 7.44. The van der Waals surface area contributed by atoms with Crippen LogP contribution < -0.4 is 10.2 Å². The summed E-state index contributed by atoms with van der Waals surface area (Å²) in [7, 11) is -3.64. The number of alkyl halides is 2. The molecule has 0 saturated carbocycles. The molecule has 34 heavy (non-hydrogen) atoms. The fourth-order valence-corrected chi connectivity index (χ4v) is 5.29. The van der Waals surface area contributed by atoms with E-state index in [1.165, 1.54) is 0 Å². The maximum absolute atomic E-state index is 13.1. The summed E-state index contributed by atoms with van der Waals surface area (Å²) in [6.07, 6.45) is 1.74. The van der Waals surface area contributed by atoms with E-state index in [0.717, 1.165) is 28.0 Å². The number of anilines is 3. The zero-order valence-electron chi connectivity index (χ0n) is 18.2. The van der Waals surface area contributed by atoms with Crippen molar-refractivity contribution in [3.63, 3.8) is 0 Å². The van der Waals surface area contributed by atoms with Gasteiger partial charge in [-0.05, 0) is 60.7 Å². The van der Waals surface area contributed by atoms with E-state index in [-0.39, 0.29) is 22.2 Å². The van der Waals surface area contributed by atoms with Gasteiger partial charge in [-0.25, -0.2) is 8.42 Å². The number of sulfone groups is 1. The van der Waals surface area contributed by atoms with Gasteiger partial charge in [0.1, 0.15) is 0 Å². The molecule has 1 aromatic heterocycles. The molecule has 0 atom stereocenters. The van der Waals surface area contributed by atoms with Gasteiger partial charge in [-0.2, -0.15) is 0 Å². The fraction of sp³-hybridized carbons (Fsp3) is 0.160. The van der Waals surface area contributed by atoms with Gasteiger partial charge in [-0.1, -0.05) is 18.2 Å². The Balaban J connectivity index is 0.00000324. The van der Waals surface area contributed by atoms with Crippen LogP contribution in [-0.4, -0.2) is 38.3 Å². The van der Waals surface area contributed by atoms with E-state index in [2.05, 4.69) is 10.3 Å². The van der Waals surface area contributed by atoms with Gasteiger partial charge < -0.3 is 10.2 Å². The number of rotatable bonds is 9. The molecule has 4 rings (SSSR count). The van der Waals surface area contributed by atoms with E-state index < -0.39 is 9.84 Å². The molecule has 178 valence electrons. The second kappa shape index (κ2) is 11.8. The summed E-state index contributed by atoms with van der Waals surface area (Å²) in [5.41, 5.74) is 3.48. The normalized spacial score (nSPS) is 11.1. The summed E-state index contributed by atoms with van der Waals surface area (Å²) >= 11 is 11.7. The monoisotopic (exact) mass is 535 g/mol. The average molecular weight is 537 g/mol. The predicted molar refractivity (Wildman–Crippen MR) is 144 cm³/mol. The summed E-state index contributed by atoms with van der Waals surface area (Å²) in [5, 5.41) is 4.34. The fourth-order valence-electron chi connectivity index (χ4n) is 3.62. The van der Waals surface area contributed by atoms with Gasteiger partial charge in [-0.3, -0.25) is 4.98 Å². The maximum Gasteiger partial charge on any atom is 0.206 e. The topological polar surface area (TPSA) is 62.3 Å². The molecule has 3 aromatic carbocycles. The summed E-state index contributed by atoms with van der Waals surface area (Å²) in [6.45, 7) is 1.28. The summed E-state index contributed by atoms with van der Waals surface area (Å²) in [5.74, 6) is 0.930. The van der Waals surface area contributed by atoms with Gasteiger partial charge in [0.05, 0.1) is 15.3 Å². The van der Waals surface area contributed by atoms with Crippen molar-refractivity contribution in [3.8, 4) is 0 Å². The lowest BCUT2D eigenvalue weighted by atomic mass is 10.2. The first-order chi connectivity index (χ1) is 16.0. The van der Waals surface area contributed by atoms with Crippen molar-refractivity contribution in [2.45, 2.75) is 9.79 Å². The molecule has 0 fully saturated rings. The van der Waals surface area contributed by atoms with Gasteiger partial charge in [0.15, 0.2) is 0 Å². The van der Waals surface area contributed by atoms with Gasteiger partial charge in [0.2, 0.25) is 9.84 Å². The lowest BCUT2D eigenvalue weighted by Gasteiger charge is -2.23. The van der Waals surface area contributed by atoms with Crippen molar-refractivity contribution < 1.29 is 8.42 Å². The number of aromatic nitrogens is 1. The van der Waals surface area contributed by atoms with Crippen LogP contribution in [0.25, 0.3) is 10.9 Å². The van der Waals surface area contributed by atoms with Crippen LogP contribution in [-0.2, 0) is 9.84 Å². The van der Waals surface area contributed by atoms with Gasteiger partial charge >= 0.3 is 0 Å². The Kier molecular flexibility index (Phi) is 9.03. The molecule has 0 aliphatic rings. The van der Waals surface area contributed by atoms with Crippen LogP contribution in [0.15, 0.2) is 94.9 Å². The van der Waals surface area contributed by atoms with Crippen LogP contribution in [0.1, 0.15) is 0 Å². The minimum atomic E-state index is -3.64. The van der Waals surface area contributed by atoms with Crippen LogP contribution in [0.4, 0.5) is 17.1 Å². The maximum atomic E-state index is 13.1. The zero-order chi connectivity index (χ0) is 23.3. The van der Waals surface area contributed by atoms with Gasteiger partial charge in [0, 0.05) is 53.5 Å². The van der Waals surface area contributed by atoms with Crippen molar-refractivity contribution >= 4 is 73.4 Å². The van der Waals surface area contributed by atoms with Gasteiger partial charge in [-0.15, -0.1) is 35.6 Å². The smallest absolute Gasteiger partial charge is 0.206 e. The summed E-state index contributed by atoms with van der Waals surface area (Å²) in [4.78, 5) is 6.87.